The number of benzene rings is 2. The Kier molecular flexibility index (Phi) is 6.18. The van der Waals surface area contributed by atoms with Gasteiger partial charge >= 0.3 is 6.03 Å². The van der Waals surface area contributed by atoms with E-state index in [-0.39, 0.29) is 18.2 Å². The summed E-state index contributed by atoms with van der Waals surface area (Å²) in [7, 11) is 0. The van der Waals surface area contributed by atoms with Crippen LogP contribution in [0.5, 0.6) is 5.75 Å². The lowest BCUT2D eigenvalue weighted by molar-refractivity contribution is 0.262. The van der Waals surface area contributed by atoms with E-state index in [4.69, 9.17) is 4.74 Å². The van der Waals surface area contributed by atoms with E-state index in [1.54, 1.807) is 54.4 Å². The summed E-state index contributed by atoms with van der Waals surface area (Å²) in [6.45, 7) is 0.166. The number of ether oxygens (including phenoxy) is 1. The van der Waals surface area contributed by atoms with E-state index in [1.807, 2.05) is 36.6 Å². The first kappa shape index (κ1) is 20.5. The summed E-state index contributed by atoms with van der Waals surface area (Å²) in [4.78, 5) is 29.9. The first-order valence-corrected chi connectivity index (χ1v) is 10.8. The third-order valence-electron chi connectivity index (χ3n) is 4.45. The molecule has 0 aliphatic heterocycles. The van der Waals surface area contributed by atoms with Crippen LogP contribution in [0.1, 0.15) is 5.69 Å². The number of anilines is 2. The highest BCUT2D eigenvalue weighted by Crippen LogP contribution is 2.20. The van der Waals surface area contributed by atoms with Crippen molar-refractivity contribution in [3.05, 3.63) is 95.0 Å². The Morgan fingerprint density at radius 3 is 2.61 bits per heavy atom. The van der Waals surface area contributed by atoms with E-state index in [0.717, 1.165) is 10.6 Å². The van der Waals surface area contributed by atoms with E-state index in [2.05, 4.69) is 15.6 Å². The summed E-state index contributed by atoms with van der Waals surface area (Å²) in [6.07, 6.45) is 3.66. The quantitative estimate of drug-likeness (QED) is 0.434. The zero-order chi connectivity index (χ0) is 21.6. The number of hydrogen-bond donors (Lipinski definition) is 2. The molecule has 2 aromatic carbocycles. The number of carbonyl (C=O) groups excluding carboxylic acids is 1. The molecule has 4 rings (SSSR count). The van der Waals surface area contributed by atoms with Crippen molar-refractivity contribution in [3.8, 4) is 5.75 Å². The summed E-state index contributed by atoms with van der Waals surface area (Å²) in [5.74, 6) is 0.605. The van der Waals surface area contributed by atoms with Crippen molar-refractivity contribution in [3.63, 3.8) is 0 Å². The molecule has 4 aromatic rings. The lowest BCUT2D eigenvalue weighted by atomic mass is 10.3. The van der Waals surface area contributed by atoms with E-state index in [9.17, 15) is 9.59 Å². The van der Waals surface area contributed by atoms with Crippen LogP contribution in [0.4, 0.5) is 16.2 Å². The molecule has 0 saturated heterocycles. The number of aromatic nitrogens is 2. The number of hydrogen-bond acceptors (Lipinski definition) is 5. The second-order valence-corrected chi connectivity index (χ2v) is 7.52. The fraction of sp³-hybridized carbons (Fsp3) is 0.0870. The molecule has 0 bridgehead atoms. The Morgan fingerprint density at radius 1 is 1.00 bits per heavy atom. The summed E-state index contributed by atoms with van der Waals surface area (Å²) < 4.78 is 7.21. The van der Waals surface area contributed by atoms with E-state index < -0.39 is 0 Å². The van der Waals surface area contributed by atoms with Gasteiger partial charge in [0, 0.05) is 28.5 Å². The lowest BCUT2D eigenvalue weighted by Crippen LogP contribution is -2.19. The van der Waals surface area contributed by atoms with Gasteiger partial charge in [-0.3, -0.25) is 9.20 Å². The van der Waals surface area contributed by atoms with Gasteiger partial charge in [0.1, 0.15) is 18.0 Å². The number of nitrogens with zero attached hydrogens (tertiary/aromatic N) is 2. The predicted molar refractivity (Wildman–Crippen MR) is 123 cm³/mol. The molecule has 0 saturated carbocycles. The van der Waals surface area contributed by atoms with Crippen molar-refractivity contribution < 1.29 is 9.53 Å². The number of nitrogens with one attached hydrogen (secondary N) is 2. The molecule has 0 aliphatic rings. The Bertz CT molecular complexity index is 1270. The predicted octanol–water partition coefficient (Wildman–Crippen LogP) is 4.64. The van der Waals surface area contributed by atoms with Gasteiger partial charge in [0.2, 0.25) is 0 Å². The van der Waals surface area contributed by atoms with E-state index in [0.29, 0.717) is 22.8 Å². The van der Waals surface area contributed by atoms with Gasteiger partial charge in [-0.05, 0) is 60.9 Å². The standard InChI is InChI=1S/C23H20N4O3S/c1-31-20-6-4-5-17(13-20)26-23(29)25-16-8-10-19(11-9-16)30-15-18-14-22(28)27-12-3-2-7-21(27)24-18/h2-14H,15H2,1H3,(H2,25,26,29). The molecule has 31 heavy (non-hydrogen) atoms. The molecular weight excluding hydrogens is 412 g/mol. The fourth-order valence-electron chi connectivity index (χ4n) is 2.96. The zero-order valence-corrected chi connectivity index (χ0v) is 17.6. The molecule has 0 radical (unpaired) electrons. The van der Waals surface area contributed by atoms with Crippen LogP contribution in [0, 0.1) is 0 Å². The first-order chi connectivity index (χ1) is 15.1. The molecular formula is C23H20N4O3S. The van der Waals surface area contributed by atoms with Crippen molar-refractivity contribution in [1.29, 1.82) is 0 Å². The van der Waals surface area contributed by atoms with Crippen molar-refractivity contribution in [1.82, 2.24) is 9.38 Å². The van der Waals surface area contributed by atoms with Gasteiger partial charge in [0.25, 0.3) is 5.56 Å². The van der Waals surface area contributed by atoms with Gasteiger partial charge in [-0.25, -0.2) is 9.78 Å². The van der Waals surface area contributed by atoms with Gasteiger partial charge in [0.05, 0.1) is 5.69 Å². The topological polar surface area (TPSA) is 84.7 Å². The molecule has 0 atom stereocenters. The van der Waals surface area contributed by atoms with Crippen LogP contribution < -0.4 is 20.9 Å². The van der Waals surface area contributed by atoms with Crippen LogP contribution in [0.3, 0.4) is 0 Å². The van der Waals surface area contributed by atoms with Crippen molar-refractivity contribution in [2.45, 2.75) is 11.5 Å². The third kappa shape index (κ3) is 5.23. The van der Waals surface area contributed by atoms with Gasteiger partial charge < -0.3 is 15.4 Å². The van der Waals surface area contributed by atoms with Crippen molar-refractivity contribution in [2.24, 2.45) is 0 Å². The third-order valence-corrected chi connectivity index (χ3v) is 5.18. The molecule has 156 valence electrons. The van der Waals surface area contributed by atoms with Crippen LogP contribution in [0.25, 0.3) is 5.65 Å². The number of fused-ring (bicyclic) bond motifs is 1. The summed E-state index contributed by atoms with van der Waals surface area (Å²) in [6, 6.07) is 21.1. The van der Waals surface area contributed by atoms with Crippen molar-refractivity contribution in [2.75, 3.05) is 16.9 Å². The molecule has 2 N–H and O–H groups in total. The van der Waals surface area contributed by atoms with E-state index in [1.165, 1.54) is 10.5 Å². The van der Waals surface area contributed by atoms with Gasteiger partial charge in [0.15, 0.2) is 0 Å². The Balaban J connectivity index is 1.35. The largest absolute Gasteiger partial charge is 0.487 e. The average Bonchev–Trinajstić information content (AvgIpc) is 2.79. The SMILES string of the molecule is CSc1cccc(NC(=O)Nc2ccc(OCc3cc(=O)n4ccccc4n3)cc2)c1. The van der Waals surface area contributed by atoms with Crippen LogP contribution in [-0.2, 0) is 6.61 Å². The average molecular weight is 433 g/mol. The number of urea groups is 1. The lowest BCUT2D eigenvalue weighted by Gasteiger charge is -2.10. The number of amides is 2. The molecule has 0 spiro atoms. The molecule has 0 aliphatic carbocycles. The maximum atomic E-state index is 12.2. The summed E-state index contributed by atoms with van der Waals surface area (Å²) >= 11 is 1.61. The monoisotopic (exact) mass is 432 g/mol. The normalized spacial score (nSPS) is 10.6. The van der Waals surface area contributed by atoms with Gasteiger partial charge in [-0.1, -0.05) is 12.1 Å². The van der Waals surface area contributed by atoms with Crippen LogP contribution in [-0.4, -0.2) is 21.7 Å². The minimum absolute atomic E-state index is 0.155. The van der Waals surface area contributed by atoms with Crippen LogP contribution in [0.15, 0.2) is 88.7 Å². The Morgan fingerprint density at radius 2 is 1.81 bits per heavy atom. The first-order valence-electron chi connectivity index (χ1n) is 9.53. The molecule has 8 heteroatoms. The minimum Gasteiger partial charge on any atom is -0.487 e. The smallest absolute Gasteiger partial charge is 0.323 e. The van der Waals surface area contributed by atoms with Gasteiger partial charge in [-0.2, -0.15) is 0 Å². The zero-order valence-electron chi connectivity index (χ0n) is 16.7. The highest BCUT2D eigenvalue weighted by Gasteiger charge is 2.05. The van der Waals surface area contributed by atoms with Gasteiger partial charge in [-0.15, -0.1) is 11.8 Å². The maximum Gasteiger partial charge on any atom is 0.323 e. The fourth-order valence-corrected chi connectivity index (χ4v) is 3.42. The molecule has 2 amide bonds. The second kappa shape index (κ2) is 9.36. The number of thioether (sulfide) groups is 1. The van der Waals surface area contributed by atoms with Crippen molar-refractivity contribution >= 4 is 34.8 Å². The second-order valence-electron chi connectivity index (χ2n) is 6.64. The minimum atomic E-state index is -0.326. The molecule has 0 unspecified atom stereocenters. The maximum absolute atomic E-state index is 12.2. The Hall–Kier alpha value is -3.78. The highest BCUT2D eigenvalue weighted by atomic mass is 32.2. The molecule has 2 heterocycles. The van der Waals surface area contributed by atoms with Crippen LogP contribution >= 0.6 is 11.8 Å². The van der Waals surface area contributed by atoms with Crippen LogP contribution in [0.2, 0.25) is 0 Å². The number of carbonyl (C=O) groups is 1. The number of pyridine rings is 1. The Labute approximate surface area is 183 Å². The molecule has 0 fully saturated rings. The summed E-state index contributed by atoms with van der Waals surface area (Å²) in [5.41, 5.74) is 2.32. The number of rotatable bonds is 6. The summed E-state index contributed by atoms with van der Waals surface area (Å²) in [5, 5.41) is 5.60. The highest BCUT2D eigenvalue weighted by molar-refractivity contribution is 7.98. The molecule has 7 nitrogen and oxygen atoms in total. The van der Waals surface area contributed by atoms with E-state index >= 15 is 0 Å². The molecule has 2 aromatic heterocycles.